The lowest BCUT2D eigenvalue weighted by Gasteiger charge is -2.29. The van der Waals surface area contributed by atoms with Gasteiger partial charge in [0.25, 0.3) is 0 Å². The number of hydrogen-bond donors (Lipinski definition) is 0. The molecule has 3 aromatic carbocycles. The maximum Gasteiger partial charge on any atom is 0.401 e. The zero-order valence-corrected chi connectivity index (χ0v) is 16.4. The van der Waals surface area contributed by atoms with E-state index in [0.29, 0.717) is 11.1 Å². The van der Waals surface area contributed by atoms with Crippen molar-refractivity contribution in [1.29, 1.82) is 0 Å². The molecule has 0 N–H and O–H groups in total. The molecular formula is C23H18N2O5. The maximum atomic E-state index is 12.7. The van der Waals surface area contributed by atoms with Crippen LogP contribution in [-0.4, -0.2) is 43.6 Å². The van der Waals surface area contributed by atoms with E-state index in [1.807, 2.05) is 48.5 Å². The molecule has 1 aliphatic heterocycles. The van der Waals surface area contributed by atoms with E-state index in [1.54, 1.807) is 24.3 Å². The molecule has 150 valence electrons. The predicted molar refractivity (Wildman–Crippen MR) is 111 cm³/mol. The Kier molecular flexibility index (Phi) is 5.02. The van der Waals surface area contributed by atoms with E-state index >= 15 is 0 Å². The minimum absolute atomic E-state index is 0.0596. The van der Waals surface area contributed by atoms with Gasteiger partial charge in [-0.2, -0.15) is 9.98 Å². The summed E-state index contributed by atoms with van der Waals surface area (Å²) in [5, 5.41) is 1.82. The van der Waals surface area contributed by atoms with Gasteiger partial charge in [0.1, 0.15) is 0 Å². The second-order valence-corrected chi connectivity index (χ2v) is 6.47. The topological polar surface area (TPSA) is 86.6 Å². The molecule has 0 bridgehead atoms. The van der Waals surface area contributed by atoms with Crippen LogP contribution in [0.15, 0.2) is 82.8 Å². The minimum atomic E-state index is -2.36. The Labute approximate surface area is 172 Å². The number of rotatable bonds is 4. The molecule has 30 heavy (non-hydrogen) atoms. The average Bonchev–Trinajstić information content (AvgIpc) is 2.82. The van der Waals surface area contributed by atoms with Crippen molar-refractivity contribution in [2.45, 2.75) is 5.72 Å². The van der Waals surface area contributed by atoms with Gasteiger partial charge in [-0.15, -0.1) is 0 Å². The SMILES string of the molecule is COC(=O)C1(C(=O)OC)N=C(c2cccc3ccccc23)N=C(c2ccccc2)O1. The van der Waals surface area contributed by atoms with Gasteiger partial charge in [0, 0.05) is 11.1 Å². The number of esters is 2. The number of carbonyl (C=O) groups excluding carboxylic acids is 2. The fraction of sp³-hybridized carbons (Fsp3) is 0.130. The molecule has 0 atom stereocenters. The van der Waals surface area contributed by atoms with Gasteiger partial charge in [-0.1, -0.05) is 60.7 Å². The Balaban J connectivity index is 1.99. The van der Waals surface area contributed by atoms with E-state index < -0.39 is 17.7 Å². The molecule has 0 saturated carbocycles. The monoisotopic (exact) mass is 402 g/mol. The van der Waals surface area contributed by atoms with Crippen LogP contribution in [-0.2, 0) is 23.8 Å². The van der Waals surface area contributed by atoms with E-state index in [2.05, 4.69) is 9.98 Å². The van der Waals surface area contributed by atoms with E-state index in [-0.39, 0.29) is 11.7 Å². The van der Waals surface area contributed by atoms with Gasteiger partial charge < -0.3 is 14.2 Å². The summed E-state index contributed by atoms with van der Waals surface area (Å²) >= 11 is 0. The summed E-state index contributed by atoms with van der Waals surface area (Å²) in [6.45, 7) is 0. The summed E-state index contributed by atoms with van der Waals surface area (Å²) in [6, 6.07) is 22.2. The third kappa shape index (κ3) is 3.20. The molecule has 0 aromatic heterocycles. The molecule has 7 nitrogen and oxygen atoms in total. The third-order valence-electron chi connectivity index (χ3n) is 4.69. The summed E-state index contributed by atoms with van der Waals surface area (Å²) in [5.41, 5.74) is -1.15. The number of amidine groups is 1. The lowest BCUT2D eigenvalue weighted by atomic mass is 10.0. The molecule has 1 aliphatic rings. The second-order valence-electron chi connectivity index (χ2n) is 6.47. The first-order valence-electron chi connectivity index (χ1n) is 9.17. The highest BCUT2D eigenvalue weighted by atomic mass is 16.6. The first kappa shape index (κ1) is 19.3. The maximum absolute atomic E-state index is 12.7. The first-order valence-corrected chi connectivity index (χ1v) is 9.17. The molecule has 0 aliphatic carbocycles. The van der Waals surface area contributed by atoms with Crippen molar-refractivity contribution in [3.63, 3.8) is 0 Å². The van der Waals surface area contributed by atoms with E-state index in [9.17, 15) is 9.59 Å². The fourth-order valence-electron chi connectivity index (χ4n) is 3.24. The largest absolute Gasteiger partial charge is 0.464 e. The Bertz CT molecular complexity index is 1160. The molecule has 1 heterocycles. The van der Waals surface area contributed by atoms with Crippen LogP contribution in [0.5, 0.6) is 0 Å². The van der Waals surface area contributed by atoms with Crippen molar-refractivity contribution in [2.75, 3.05) is 14.2 Å². The highest BCUT2D eigenvalue weighted by Crippen LogP contribution is 2.29. The van der Waals surface area contributed by atoms with Gasteiger partial charge >= 0.3 is 17.7 Å². The van der Waals surface area contributed by atoms with Crippen LogP contribution in [0.2, 0.25) is 0 Å². The number of ether oxygens (including phenoxy) is 3. The molecule has 0 unspecified atom stereocenters. The van der Waals surface area contributed by atoms with Gasteiger partial charge in [0.15, 0.2) is 5.84 Å². The van der Waals surface area contributed by atoms with Gasteiger partial charge in [-0.25, -0.2) is 9.59 Å². The highest BCUT2D eigenvalue weighted by Gasteiger charge is 2.55. The second kappa shape index (κ2) is 7.79. The summed E-state index contributed by atoms with van der Waals surface area (Å²) in [4.78, 5) is 34.2. The molecule has 0 fully saturated rings. The number of hydrogen-bond acceptors (Lipinski definition) is 7. The number of fused-ring (bicyclic) bond motifs is 1. The van der Waals surface area contributed by atoms with Crippen LogP contribution in [0.25, 0.3) is 10.8 Å². The van der Waals surface area contributed by atoms with E-state index in [0.717, 1.165) is 25.0 Å². The number of benzene rings is 3. The lowest BCUT2D eigenvalue weighted by Crippen LogP contribution is -2.52. The molecule has 7 heteroatoms. The molecule has 0 radical (unpaired) electrons. The number of nitrogens with zero attached hydrogens (tertiary/aromatic N) is 2. The van der Waals surface area contributed by atoms with Crippen LogP contribution in [0.4, 0.5) is 0 Å². The lowest BCUT2D eigenvalue weighted by molar-refractivity contribution is -0.177. The normalized spacial score (nSPS) is 14.9. The quantitative estimate of drug-likeness (QED) is 0.494. The third-order valence-corrected chi connectivity index (χ3v) is 4.69. The van der Waals surface area contributed by atoms with E-state index in [1.165, 1.54) is 0 Å². The Morgan fingerprint density at radius 1 is 0.833 bits per heavy atom. The smallest absolute Gasteiger partial charge is 0.401 e. The molecule has 0 spiro atoms. The zero-order valence-electron chi connectivity index (χ0n) is 16.4. The summed E-state index contributed by atoms with van der Waals surface area (Å²) in [6.07, 6.45) is 0. The number of carbonyl (C=O) groups is 2. The predicted octanol–water partition coefficient (Wildman–Crippen LogP) is 3.11. The summed E-state index contributed by atoms with van der Waals surface area (Å²) < 4.78 is 15.4. The average molecular weight is 402 g/mol. The summed E-state index contributed by atoms with van der Waals surface area (Å²) in [5.74, 6) is -1.79. The highest BCUT2D eigenvalue weighted by molar-refractivity contribution is 6.20. The standard InChI is InChI=1S/C23H18N2O5/c1-28-21(26)23(22(27)29-2)25-19(24-20(30-23)16-10-4-3-5-11-16)18-14-8-12-15-9-6-7-13-17(15)18/h3-14H,1-2H3. The van der Waals surface area contributed by atoms with Crippen LogP contribution in [0.1, 0.15) is 11.1 Å². The van der Waals surface area contributed by atoms with Gasteiger partial charge in [-0.05, 0) is 22.9 Å². The molecule has 0 amide bonds. The Morgan fingerprint density at radius 3 is 2.17 bits per heavy atom. The van der Waals surface area contributed by atoms with Crippen LogP contribution in [0, 0.1) is 0 Å². The zero-order chi connectivity index (χ0) is 21.1. The van der Waals surface area contributed by atoms with Crippen LogP contribution >= 0.6 is 0 Å². The van der Waals surface area contributed by atoms with E-state index in [4.69, 9.17) is 14.2 Å². The van der Waals surface area contributed by atoms with Gasteiger partial charge in [-0.3, -0.25) is 0 Å². The molecule has 4 rings (SSSR count). The van der Waals surface area contributed by atoms with Crippen molar-refractivity contribution >= 4 is 34.4 Å². The molecule has 0 saturated heterocycles. The van der Waals surface area contributed by atoms with Crippen molar-refractivity contribution in [3.8, 4) is 0 Å². The van der Waals surface area contributed by atoms with Gasteiger partial charge in [0.2, 0.25) is 5.90 Å². The molecule has 3 aromatic rings. The number of aliphatic imine (C=N–C) groups is 2. The van der Waals surface area contributed by atoms with Crippen LogP contribution in [0.3, 0.4) is 0 Å². The first-order chi connectivity index (χ1) is 14.6. The Hall–Kier alpha value is -4.00. The van der Waals surface area contributed by atoms with Crippen molar-refractivity contribution in [2.24, 2.45) is 9.98 Å². The van der Waals surface area contributed by atoms with Crippen molar-refractivity contribution < 1.29 is 23.8 Å². The summed E-state index contributed by atoms with van der Waals surface area (Å²) in [7, 11) is 2.30. The Morgan fingerprint density at radius 2 is 1.47 bits per heavy atom. The van der Waals surface area contributed by atoms with Crippen molar-refractivity contribution in [3.05, 3.63) is 83.9 Å². The van der Waals surface area contributed by atoms with Crippen molar-refractivity contribution in [1.82, 2.24) is 0 Å². The van der Waals surface area contributed by atoms with Gasteiger partial charge in [0.05, 0.1) is 14.2 Å². The fourth-order valence-corrected chi connectivity index (χ4v) is 3.24. The van der Waals surface area contributed by atoms with Crippen LogP contribution < -0.4 is 0 Å². The number of methoxy groups -OCH3 is 2. The molecular weight excluding hydrogens is 384 g/mol. The minimum Gasteiger partial charge on any atom is -0.464 e.